The monoisotopic (exact) mass is 372 g/mol. The molecule has 5 aromatic rings. The highest BCUT2D eigenvalue weighted by molar-refractivity contribution is 6.06. The number of hydrogen-bond acceptors (Lipinski definition) is 5. The minimum Gasteiger partial charge on any atom is -0.456 e. The van der Waals surface area contributed by atoms with Gasteiger partial charge in [-0.1, -0.05) is 12.1 Å². The molecule has 0 spiro atoms. The van der Waals surface area contributed by atoms with Gasteiger partial charge in [0.1, 0.15) is 34.7 Å². The van der Waals surface area contributed by atoms with E-state index in [1.54, 1.807) is 24.5 Å². The van der Waals surface area contributed by atoms with Crippen molar-refractivity contribution in [2.24, 2.45) is 0 Å². The topological polar surface area (TPSA) is 86.5 Å². The molecule has 29 heavy (non-hydrogen) atoms. The van der Waals surface area contributed by atoms with Crippen LogP contribution in [-0.2, 0) is 0 Å². The minimum absolute atomic E-state index is 0.380. The van der Waals surface area contributed by atoms with Gasteiger partial charge in [-0.3, -0.25) is 0 Å². The molecule has 0 fully saturated rings. The van der Waals surface area contributed by atoms with Crippen LogP contribution in [0.15, 0.2) is 77.5 Å². The van der Waals surface area contributed by atoms with Crippen molar-refractivity contribution in [3.05, 3.63) is 84.4 Å². The van der Waals surface area contributed by atoms with E-state index < -0.39 is 0 Å². The second-order valence-corrected chi connectivity index (χ2v) is 6.61. The van der Waals surface area contributed by atoms with Gasteiger partial charge in [0.2, 0.25) is 0 Å². The molecule has 0 aliphatic rings. The first kappa shape index (κ1) is 16.7. The van der Waals surface area contributed by atoms with Crippen LogP contribution >= 0.6 is 0 Å². The zero-order valence-corrected chi connectivity index (χ0v) is 15.1. The molecule has 3 aromatic heterocycles. The van der Waals surface area contributed by atoms with Crippen molar-refractivity contribution in [3.8, 4) is 34.4 Å². The minimum atomic E-state index is 0.380. The molecule has 2 aromatic carbocycles. The first-order valence-electron chi connectivity index (χ1n) is 8.94. The third kappa shape index (κ3) is 2.88. The SMILES string of the molecule is N#Cc1cc(-c2ccc3c(c2)oc2cc(-c4ccnc(C#N)c4)ccc23)ccn1. The Morgan fingerprint density at radius 2 is 1.03 bits per heavy atom. The van der Waals surface area contributed by atoms with Gasteiger partial charge in [0, 0.05) is 23.2 Å². The summed E-state index contributed by atoms with van der Waals surface area (Å²) in [7, 11) is 0. The number of benzene rings is 2. The maximum absolute atomic E-state index is 9.08. The van der Waals surface area contributed by atoms with E-state index in [4.69, 9.17) is 14.9 Å². The number of rotatable bonds is 2. The van der Waals surface area contributed by atoms with Crippen molar-refractivity contribution in [1.29, 1.82) is 10.5 Å². The standard InChI is InChI=1S/C24H12N4O/c25-13-19-9-17(5-7-27-19)15-1-3-21-22-4-2-16(12-24(22)29-23(21)11-15)18-6-8-28-20(10-18)14-26/h1-12H. The quantitative estimate of drug-likeness (QED) is 0.411. The number of nitrogens with zero attached hydrogens (tertiary/aromatic N) is 4. The van der Waals surface area contributed by atoms with Crippen LogP contribution in [0, 0.1) is 22.7 Å². The Labute approximate surface area is 166 Å². The number of furan rings is 1. The summed E-state index contributed by atoms with van der Waals surface area (Å²) in [6, 6.07) is 23.5. The molecular formula is C24H12N4O. The van der Waals surface area contributed by atoms with Crippen LogP contribution in [0.5, 0.6) is 0 Å². The van der Waals surface area contributed by atoms with Gasteiger partial charge in [0.05, 0.1) is 0 Å². The molecule has 0 amide bonds. The third-order valence-electron chi connectivity index (χ3n) is 4.89. The lowest BCUT2D eigenvalue weighted by molar-refractivity contribution is 0.669. The summed E-state index contributed by atoms with van der Waals surface area (Å²) in [5.41, 5.74) is 6.07. The summed E-state index contributed by atoms with van der Waals surface area (Å²) < 4.78 is 6.13. The van der Waals surface area contributed by atoms with Gasteiger partial charge in [-0.15, -0.1) is 0 Å². The van der Waals surface area contributed by atoms with Crippen molar-refractivity contribution < 1.29 is 4.42 Å². The molecule has 5 rings (SSSR count). The van der Waals surface area contributed by atoms with Crippen LogP contribution in [0.2, 0.25) is 0 Å². The van der Waals surface area contributed by atoms with Gasteiger partial charge in [-0.2, -0.15) is 10.5 Å². The number of nitriles is 2. The second kappa shape index (κ2) is 6.60. The maximum atomic E-state index is 9.08. The summed E-state index contributed by atoms with van der Waals surface area (Å²) in [4.78, 5) is 8.04. The van der Waals surface area contributed by atoms with Crippen LogP contribution in [0.1, 0.15) is 11.4 Å². The summed E-state index contributed by atoms with van der Waals surface area (Å²) in [6.45, 7) is 0. The van der Waals surface area contributed by atoms with Gasteiger partial charge in [0.25, 0.3) is 0 Å². The fourth-order valence-electron chi connectivity index (χ4n) is 3.48. The predicted molar refractivity (Wildman–Crippen MR) is 110 cm³/mol. The zero-order valence-electron chi connectivity index (χ0n) is 15.1. The third-order valence-corrected chi connectivity index (χ3v) is 4.89. The van der Waals surface area contributed by atoms with Crippen molar-refractivity contribution >= 4 is 21.9 Å². The fraction of sp³-hybridized carbons (Fsp3) is 0. The van der Waals surface area contributed by atoms with Crippen molar-refractivity contribution in [2.45, 2.75) is 0 Å². The van der Waals surface area contributed by atoms with Crippen molar-refractivity contribution in [1.82, 2.24) is 9.97 Å². The van der Waals surface area contributed by atoms with Crippen LogP contribution in [0.25, 0.3) is 44.2 Å². The Kier molecular flexibility index (Phi) is 3.79. The van der Waals surface area contributed by atoms with Gasteiger partial charge >= 0.3 is 0 Å². The van der Waals surface area contributed by atoms with Crippen molar-refractivity contribution in [3.63, 3.8) is 0 Å². The molecule has 5 nitrogen and oxygen atoms in total. The molecular weight excluding hydrogens is 360 g/mol. The Morgan fingerprint density at radius 1 is 0.586 bits per heavy atom. The zero-order chi connectivity index (χ0) is 19.8. The van der Waals surface area contributed by atoms with E-state index in [9.17, 15) is 0 Å². The molecule has 0 saturated heterocycles. The van der Waals surface area contributed by atoms with E-state index in [0.29, 0.717) is 11.4 Å². The molecule has 0 unspecified atom stereocenters. The van der Waals surface area contributed by atoms with Gasteiger partial charge in [0.15, 0.2) is 0 Å². The lowest BCUT2D eigenvalue weighted by Gasteiger charge is -2.02. The Bertz CT molecular complexity index is 1370. The van der Waals surface area contributed by atoms with E-state index >= 15 is 0 Å². The lowest BCUT2D eigenvalue weighted by Crippen LogP contribution is -1.84. The smallest absolute Gasteiger partial charge is 0.141 e. The summed E-state index contributed by atoms with van der Waals surface area (Å²) in [5.74, 6) is 0. The van der Waals surface area contributed by atoms with E-state index in [-0.39, 0.29) is 0 Å². The molecule has 0 atom stereocenters. The van der Waals surface area contributed by atoms with Crippen LogP contribution in [0.3, 0.4) is 0 Å². The molecule has 0 saturated carbocycles. The summed E-state index contributed by atoms with van der Waals surface area (Å²) in [5, 5.41) is 20.2. The van der Waals surface area contributed by atoms with E-state index in [2.05, 4.69) is 22.1 Å². The van der Waals surface area contributed by atoms with Crippen LogP contribution < -0.4 is 0 Å². The van der Waals surface area contributed by atoms with Crippen LogP contribution in [-0.4, -0.2) is 9.97 Å². The molecule has 5 heteroatoms. The Balaban J connectivity index is 1.63. The van der Waals surface area contributed by atoms with E-state index in [1.165, 1.54) is 0 Å². The number of pyridine rings is 2. The van der Waals surface area contributed by atoms with Gasteiger partial charge in [-0.05, 0) is 70.8 Å². The molecule has 0 radical (unpaired) electrons. The van der Waals surface area contributed by atoms with Crippen LogP contribution in [0.4, 0.5) is 0 Å². The average Bonchev–Trinajstić information content (AvgIpc) is 3.16. The van der Waals surface area contributed by atoms with Gasteiger partial charge < -0.3 is 4.42 Å². The molecule has 3 heterocycles. The number of hydrogen-bond donors (Lipinski definition) is 0. The van der Waals surface area contributed by atoms with E-state index in [1.807, 2.05) is 48.5 Å². The first-order chi connectivity index (χ1) is 14.2. The molecule has 0 aliphatic heterocycles. The first-order valence-corrected chi connectivity index (χ1v) is 8.94. The molecule has 0 N–H and O–H groups in total. The fourth-order valence-corrected chi connectivity index (χ4v) is 3.48. The number of aromatic nitrogens is 2. The Morgan fingerprint density at radius 3 is 1.48 bits per heavy atom. The number of fused-ring (bicyclic) bond motifs is 3. The second-order valence-electron chi connectivity index (χ2n) is 6.61. The highest BCUT2D eigenvalue weighted by atomic mass is 16.3. The lowest BCUT2D eigenvalue weighted by atomic mass is 10.0. The highest BCUT2D eigenvalue weighted by Crippen LogP contribution is 2.34. The maximum Gasteiger partial charge on any atom is 0.141 e. The predicted octanol–water partition coefficient (Wildman–Crippen LogP) is 5.45. The molecule has 0 bridgehead atoms. The van der Waals surface area contributed by atoms with E-state index in [0.717, 1.165) is 44.2 Å². The van der Waals surface area contributed by atoms with Gasteiger partial charge in [-0.25, -0.2) is 9.97 Å². The molecule has 134 valence electrons. The Hall–Kier alpha value is -4.48. The molecule has 0 aliphatic carbocycles. The summed E-state index contributed by atoms with van der Waals surface area (Å²) in [6.07, 6.45) is 3.26. The normalized spacial score (nSPS) is 10.7. The highest BCUT2D eigenvalue weighted by Gasteiger charge is 2.11. The summed E-state index contributed by atoms with van der Waals surface area (Å²) >= 11 is 0. The largest absolute Gasteiger partial charge is 0.456 e. The average molecular weight is 372 g/mol. The van der Waals surface area contributed by atoms with Crippen molar-refractivity contribution in [2.75, 3.05) is 0 Å².